The van der Waals surface area contributed by atoms with E-state index in [1.54, 1.807) is 6.92 Å². The van der Waals surface area contributed by atoms with Gasteiger partial charge in [0.05, 0.1) is 24.1 Å². The van der Waals surface area contributed by atoms with Gasteiger partial charge in [-0.3, -0.25) is 4.79 Å². The van der Waals surface area contributed by atoms with Gasteiger partial charge >= 0.3 is 0 Å². The SMILES string of the molecule is C[C@H](CO)NC(=O)c1cc(Cl)ncc1N. The van der Waals surface area contributed by atoms with Crippen LogP contribution in [0.1, 0.15) is 17.3 Å². The summed E-state index contributed by atoms with van der Waals surface area (Å²) in [7, 11) is 0. The summed E-state index contributed by atoms with van der Waals surface area (Å²) in [5, 5.41) is 11.5. The molecule has 0 aliphatic carbocycles. The van der Waals surface area contributed by atoms with Gasteiger partial charge in [0.2, 0.25) is 0 Å². The molecule has 0 aliphatic heterocycles. The van der Waals surface area contributed by atoms with E-state index < -0.39 is 0 Å². The molecule has 1 aromatic rings. The lowest BCUT2D eigenvalue weighted by Gasteiger charge is -2.11. The molecule has 6 heteroatoms. The van der Waals surface area contributed by atoms with Crippen molar-refractivity contribution in [3.8, 4) is 0 Å². The normalized spacial score (nSPS) is 12.2. The number of amides is 1. The summed E-state index contributed by atoms with van der Waals surface area (Å²) in [6.45, 7) is 1.54. The van der Waals surface area contributed by atoms with Crippen molar-refractivity contribution < 1.29 is 9.90 Å². The molecule has 1 heterocycles. The van der Waals surface area contributed by atoms with E-state index in [1.807, 2.05) is 0 Å². The minimum atomic E-state index is -0.377. The molecule has 5 nitrogen and oxygen atoms in total. The van der Waals surface area contributed by atoms with Crippen LogP contribution in [0, 0.1) is 0 Å². The van der Waals surface area contributed by atoms with Gasteiger partial charge in [0.1, 0.15) is 5.15 Å². The van der Waals surface area contributed by atoms with Gasteiger partial charge in [-0.25, -0.2) is 4.98 Å². The second-order valence-corrected chi connectivity index (χ2v) is 3.54. The standard InChI is InChI=1S/C9H12ClN3O2/c1-5(4-14)13-9(15)6-2-8(10)12-3-7(6)11/h2-3,5,14H,4,11H2,1H3,(H,13,15)/t5-/m1/s1. The summed E-state index contributed by atoms with van der Waals surface area (Å²) in [6, 6.07) is 1.06. The molecular weight excluding hydrogens is 218 g/mol. The molecule has 1 atom stereocenters. The largest absolute Gasteiger partial charge is 0.397 e. The van der Waals surface area contributed by atoms with Crippen LogP contribution in [0.5, 0.6) is 0 Å². The number of carbonyl (C=O) groups is 1. The number of hydrogen-bond acceptors (Lipinski definition) is 4. The van der Waals surface area contributed by atoms with Crippen molar-refractivity contribution in [2.45, 2.75) is 13.0 Å². The molecule has 0 saturated heterocycles. The van der Waals surface area contributed by atoms with Crippen LogP contribution in [0.3, 0.4) is 0 Å². The fourth-order valence-electron chi connectivity index (χ4n) is 0.984. The Bertz CT molecular complexity index is 370. The quantitative estimate of drug-likeness (QED) is 0.656. The third kappa shape index (κ3) is 3.07. The number of pyridine rings is 1. The molecule has 0 bridgehead atoms. The third-order valence-electron chi connectivity index (χ3n) is 1.80. The van der Waals surface area contributed by atoms with Crippen LogP contribution in [0.15, 0.2) is 12.3 Å². The van der Waals surface area contributed by atoms with E-state index in [9.17, 15) is 4.79 Å². The summed E-state index contributed by atoms with van der Waals surface area (Å²) < 4.78 is 0. The van der Waals surface area contributed by atoms with Gasteiger partial charge in [0.25, 0.3) is 5.91 Å². The van der Waals surface area contributed by atoms with E-state index in [-0.39, 0.29) is 35.0 Å². The van der Waals surface area contributed by atoms with Crippen LogP contribution in [0.2, 0.25) is 5.15 Å². The first-order chi connectivity index (χ1) is 7.04. The number of aliphatic hydroxyl groups excluding tert-OH is 1. The molecule has 1 aromatic heterocycles. The Hall–Kier alpha value is -1.33. The number of anilines is 1. The van der Waals surface area contributed by atoms with Gasteiger partial charge in [0, 0.05) is 6.04 Å². The Balaban J connectivity index is 2.86. The molecule has 0 spiro atoms. The molecule has 1 rings (SSSR count). The topological polar surface area (TPSA) is 88.2 Å². The number of nitrogens with one attached hydrogen (secondary N) is 1. The van der Waals surface area contributed by atoms with Gasteiger partial charge in [-0.15, -0.1) is 0 Å². The second-order valence-electron chi connectivity index (χ2n) is 3.15. The highest BCUT2D eigenvalue weighted by molar-refractivity contribution is 6.29. The molecule has 0 aliphatic rings. The number of nitrogens with two attached hydrogens (primary N) is 1. The molecule has 0 fully saturated rings. The summed E-state index contributed by atoms with van der Waals surface area (Å²) in [5.41, 5.74) is 6.07. The zero-order valence-corrected chi connectivity index (χ0v) is 8.95. The predicted octanol–water partition coefficient (Wildman–Crippen LogP) is 0.428. The van der Waals surface area contributed by atoms with E-state index in [0.29, 0.717) is 0 Å². The molecular formula is C9H12ClN3O2. The van der Waals surface area contributed by atoms with Crippen molar-refractivity contribution in [3.05, 3.63) is 23.0 Å². The van der Waals surface area contributed by atoms with Gasteiger partial charge in [-0.05, 0) is 13.0 Å². The third-order valence-corrected chi connectivity index (χ3v) is 2.00. The van der Waals surface area contributed by atoms with E-state index in [1.165, 1.54) is 12.3 Å². The fourth-order valence-corrected chi connectivity index (χ4v) is 1.14. The average molecular weight is 230 g/mol. The smallest absolute Gasteiger partial charge is 0.253 e. The van der Waals surface area contributed by atoms with Gasteiger partial charge in [-0.1, -0.05) is 11.6 Å². The monoisotopic (exact) mass is 229 g/mol. The van der Waals surface area contributed by atoms with Crippen LogP contribution in [0.25, 0.3) is 0 Å². The summed E-state index contributed by atoms with van der Waals surface area (Å²) >= 11 is 5.64. The lowest BCUT2D eigenvalue weighted by molar-refractivity contribution is 0.0923. The molecule has 0 aromatic carbocycles. The molecule has 0 saturated carbocycles. The fraction of sp³-hybridized carbons (Fsp3) is 0.333. The number of halogens is 1. The highest BCUT2D eigenvalue weighted by atomic mass is 35.5. The van der Waals surface area contributed by atoms with Crippen LogP contribution >= 0.6 is 11.6 Å². The van der Waals surface area contributed by atoms with Crippen molar-refractivity contribution in [2.75, 3.05) is 12.3 Å². The Labute approximate surface area is 92.3 Å². The second kappa shape index (κ2) is 4.95. The van der Waals surface area contributed by atoms with Crippen LogP contribution in [0.4, 0.5) is 5.69 Å². The first kappa shape index (κ1) is 11.7. The Morgan fingerprint density at radius 2 is 2.47 bits per heavy atom. The number of carbonyl (C=O) groups excluding carboxylic acids is 1. The van der Waals surface area contributed by atoms with Crippen LogP contribution < -0.4 is 11.1 Å². The number of nitrogen functional groups attached to an aromatic ring is 1. The van der Waals surface area contributed by atoms with Gasteiger partial charge in [-0.2, -0.15) is 0 Å². The van der Waals surface area contributed by atoms with E-state index >= 15 is 0 Å². The zero-order valence-electron chi connectivity index (χ0n) is 8.20. The molecule has 82 valence electrons. The van der Waals surface area contributed by atoms with Crippen molar-refractivity contribution in [3.63, 3.8) is 0 Å². The Kier molecular flexibility index (Phi) is 3.88. The summed E-state index contributed by atoms with van der Waals surface area (Å²) in [6.07, 6.45) is 1.32. The minimum absolute atomic E-state index is 0.134. The number of nitrogens with zero attached hydrogens (tertiary/aromatic N) is 1. The number of aliphatic hydroxyl groups is 1. The van der Waals surface area contributed by atoms with Gasteiger partial charge < -0.3 is 16.2 Å². The van der Waals surface area contributed by atoms with E-state index in [0.717, 1.165) is 0 Å². The van der Waals surface area contributed by atoms with Crippen molar-refractivity contribution in [1.82, 2.24) is 10.3 Å². The molecule has 0 unspecified atom stereocenters. The van der Waals surface area contributed by atoms with Crippen molar-refractivity contribution in [2.24, 2.45) is 0 Å². The first-order valence-corrected chi connectivity index (χ1v) is 4.75. The maximum atomic E-state index is 11.6. The molecule has 15 heavy (non-hydrogen) atoms. The first-order valence-electron chi connectivity index (χ1n) is 4.37. The minimum Gasteiger partial charge on any atom is -0.397 e. The lowest BCUT2D eigenvalue weighted by atomic mass is 10.2. The number of aromatic nitrogens is 1. The predicted molar refractivity (Wildman–Crippen MR) is 57.7 cm³/mol. The molecule has 4 N–H and O–H groups in total. The van der Waals surface area contributed by atoms with E-state index in [4.69, 9.17) is 22.4 Å². The number of hydrogen-bond donors (Lipinski definition) is 3. The Morgan fingerprint density at radius 1 is 1.80 bits per heavy atom. The maximum Gasteiger partial charge on any atom is 0.253 e. The highest BCUT2D eigenvalue weighted by Gasteiger charge is 2.12. The number of rotatable bonds is 3. The molecule has 0 radical (unpaired) electrons. The maximum absolute atomic E-state index is 11.6. The summed E-state index contributed by atoms with van der Waals surface area (Å²) in [4.78, 5) is 15.3. The van der Waals surface area contributed by atoms with Crippen LogP contribution in [-0.2, 0) is 0 Å². The average Bonchev–Trinajstić information content (AvgIpc) is 2.21. The molecule has 1 amide bonds. The highest BCUT2D eigenvalue weighted by Crippen LogP contribution is 2.14. The van der Waals surface area contributed by atoms with Crippen molar-refractivity contribution >= 4 is 23.2 Å². The zero-order chi connectivity index (χ0) is 11.4. The Morgan fingerprint density at radius 3 is 3.07 bits per heavy atom. The van der Waals surface area contributed by atoms with Crippen molar-refractivity contribution in [1.29, 1.82) is 0 Å². The van der Waals surface area contributed by atoms with E-state index in [2.05, 4.69) is 10.3 Å². The lowest BCUT2D eigenvalue weighted by Crippen LogP contribution is -2.35. The summed E-state index contributed by atoms with van der Waals surface area (Å²) in [5.74, 6) is -0.377. The van der Waals surface area contributed by atoms with Crippen LogP contribution in [-0.4, -0.2) is 28.6 Å². The van der Waals surface area contributed by atoms with Gasteiger partial charge in [0.15, 0.2) is 0 Å².